The van der Waals surface area contributed by atoms with Crippen LogP contribution in [0.15, 0.2) is 12.4 Å². The first-order valence-corrected chi connectivity index (χ1v) is 4.69. The highest BCUT2D eigenvalue weighted by Crippen LogP contribution is 2.16. The summed E-state index contributed by atoms with van der Waals surface area (Å²) in [5, 5.41) is 4.32. The Hall–Kier alpha value is -0.790. The Balaban J connectivity index is 2.77. The number of hydrogen-bond acceptors (Lipinski definition) is 1. The molecule has 1 aromatic heterocycles. The number of aromatic nitrogens is 2. The Bertz CT molecular complexity index is 238. The van der Waals surface area contributed by atoms with E-state index in [0.29, 0.717) is 12.0 Å². The molecular formula is C10H18N2. The van der Waals surface area contributed by atoms with Crippen LogP contribution in [-0.2, 0) is 0 Å². The van der Waals surface area contributed by atoms with Gasteiger partial charge in [0.1, 0.15) is 0 Å². The average molecular weight is 166 g/mol. The number of nitrogens with zero attached hydrogens (tertiary/aromatic N) is 2. The SMILES string of the molecule is CC[C@@H](C)n1cc(C(C)C)cn1. The van der Waals surface area contributed by atoms with E-state index in [1.165, 1.54) is 5.56 Å². The van der Waals surface area contributed by atoms with Gasteiger partial charge in [-0.15, -0.1) is 0 Å². The van der Waals surface area contributed by atoms with E-state index in [2.05, 4.69) is 43.7 Å². The Kier molecular flexibility index (Phi) is 2.90. The highest BCUT2D eigenvalue weighted by atomic mass is 15.3. The van der Waals surface area contributed by atoms with Crippen molar-refractivity contribution in [2.24, 2.45) is 0 Å². The fraction of sp³-hybridized carbons (Fsp3) is 0.700. The molecule has 0 aliphatic rings. The summed E-state index contributed by atoms with van der Waals surface area (Å²) >= 11 is 0. The molecule has 2 heteroatoms. The lowest BCUT2D eigenvalue weighted by Gasteiger charge is -2.08. The molecule has 0 fully saturated rings. The second-order valence-electron chi connectivity index (χ2n) is 3.67. The lowest BCUT2D eigenvalue weighted by atomic mass is 10.1. The summed E-state index contributed by atoms with van der Waals surface area (Å²) in [5.74, 6) is 0.586. The third kappa shape index (κ3) is 1.87. The van der Waals surface area contributed by atoms with Crippen molar-refractivity contribution in [3.63, 3.8) is 0 Å². The van der Waals surface area contributed by atoms with Crippen LogP contribution < -0.4 is 0 Å². The van der Waals surface area contributed by atoms with Crippen LogP contribution in [0.4, 0.5) is 0 Å². The van der Waals surface area contributed by atoms with Gasteiger partial charge in [-0.2, -0.15) is 5.10 Å². The van der Waals surface area contributed by atoms with Crippen LogP contribution >= 0.6 is 0 Å². The quantitative estimate of drug-likeness (QED) is 0.675. The molecule has 0 saturated heterocycles. The minimum absolute atomic E-state index is 0.525. The number of hydrogen-bond donors (Lipinski definition) is 0. The predicted molar refractivity (Wildman–Crippen MR) is 51.3 cm³/mol. The standard InChI is InChI=1S/C10H18N2/c1-5-9(4)12-7-10(6-11-12)8(2)3/h6-9H,5H2,1-4H3/t9-/m1/s1. The normalized spacial score (nSPS) is 13.8. The van der Waals surface area contributed by atoms with Crippen molar-refractivity contribution >= 4 is 0 Å². The van der Waals surface area contributed by atoms with Gasteiger partial charge < -0.3 is 0 Å². The van der Waals surface area contributed by atoms with Crippen molar-refractivity contribution in [2.75, 3.05) is 0 Å². The van der Waals surface area contributed by atoms with Crippen molar-refractivity contribution in [2.45, 2.75) is 46.1 Å². The minimum Gasteiger partial charge on any atom is -0.270 e. The zero-order valence-electron chi connectivity index (χ0n) is 8.41. The average Bonchev–Trinajstić information content (AvgIpc) is 2.51. The maximum atomic E-state index is 4.32. The summed E-state index contributed by atoms with van der Waals surface area (Å²) < 4.78 is 2.05. The molecule has 0 saturated carbocycles. The van der Waals surface area contributed by atoms with Gasteiger partial charge in [0.05, 0.1) is 6.20 Å². The second-order valence-corrected chi connectivity index (χ2v) is 3.67. The first-order chi connectivity index (χ1) is 5.65. The molecule has 0 amide bonds. The summed E-state index contributed by atoms with van der Waals surface area (Å²) in [5.41, 5.74) is 1.33. The summed E-state index contributed by atoms with van der Waals surface area (Å²) in [6.45, 7) is 8.76. The van der Waals surface area contributed by atoms with Gasteiger partial charge in [-0.25, -0.2) is 0 Å². The third-order valence-corrected chi connectivity index (χ3v) is 2.33. The smallest absolute Gasteiger partial charge is 0.0524 e. The predicted octanol–water partition coefficient (Wildman–Crippen LogP) is 2.98. The van der Waals surface area contributed by atoms with Gasteiger partial charge >= 0.3 is 0 Å². The molecule has 0 unspecified atom stereocenters. The summed E-state index contributed by atoms with van der Waals surface area (Å²) in [6.07, 6.45) is 5.26. The molecule has 0 aliphatic carbocycles. The van der Waals surface area contributed by atoms with Crippen LogP contribution in [-0.4, -0.2) is 9.78 Å². The monoisotopic (exact) mass is 166 g/mol. The maximum absolute atomic E-state index is 4.32. The van der Waals surface area contributed by atoms with E-state index >= 15 is 0 Å². The van der Waals surface area contributed by atoms with Gasteiger partial charge in [-0.3, -0.25) is 4.68 Å². The Morgan fingerprint density at radius 2 is 2.08 bits per heavy atom. The molecule has 0 aromatic carbocycles. The highest BCUT2D eigenvalue weighted by molar-refractivity contribution is 5.08. The third-order valence-electron chi connectivity index (χ3n) is 2.33. The molecule has 0 aliphatic heterocycles. The highest BCUT2D eigenvalue weighted by Gasteiger charge is 2.05. The molecule has 1 atom stereocenters. The summed E-state index contributed by atoms with van der Waals surface area (Å²) in [4.78, 5) is 0. The fourth-order valence-electron chi connectivity index (χ4n) is 1.08. The first kappa shape index (κ1) is 9.30. The van der Waals surface area contributed by atoms with Gasteiger partial charge in [-0.1, -0.05) is 20.8 Å². The van der Waals surface area contributed by atoms with Crippen molar-refractivity contribution in [3.05, 3.63) is 18.0 Å². The zero-order chi connectivity index (χ0) is 9.14. The van der Waals surface area contributed by atoms with E-state index in [1.54, 1.807) is 0 Å². The molecular weight excluding hydrogens is 148 g/mol. The van der Waals surface area contributed by atoms with E-state index in [4.69, 9.17) is 0 Å². The van der Waals surface area contributed by atoms with E-state index in [-0.39, 0.29) is 0 Å². The lowest BCUT2D eigenvalue weighted by Crippen LogP contribution is -2.03. The topological polar surface area (TPSA) is 17.8 Å². The molecule has 0 radical (unpaired) electrons. The van der Waals surface area contributed by atoms with Gasteiger partial charge in [0.2, 0.25) is 0 Å². The van der Waals surface area contributed by atoms with E-state index in [9.17, 15) is 0 Å². The maximum Gasteiger partial charge on any atom is 0.0524 e. The summed E-state index contributed by atoms with van der Waals surface area (Å²) in [6, 6.07) is 0.525. The second kappa shape index (κ2) is 3.74. The van der Waals surface area contributed by atoms with Crippen LogP contribution in [0, 0.1) is 0 Å². The van der Waals surface area contributed by atoms with Crippen LogP contribution in [0.3, 0.4) is 0 Å². The Labute approximate surface area is 74.6 Å². The van der Waals surface area contributed by atoms with Gasteiger partial charge in [0.25, 0.3) is 0 Å². The Morgan fingerprint density at radius 3 is 2.50 bits per heavy atom. The fourth-order valence-corrected chi connectivity index (χ4v) is 1.08. The molecule has 2 nitrogen and oxygen atoms in total. The molecule has 0 N–H and O–H groups in total. The number of rotatable bonds is 3. The van der Waals surface area contributed by atoms with Crippen LogP contribution in [0.5, 0.6) is 0 Å². The van der Waals surface area contributed by atoms with Crippen molar-refractivity contribution in [1.29, 1.82) is 0 Å². The molecule has 0 bridgehead atoms. The zero-order valence-corrected chi connectivity index (χ0v) is 8.41. The molecule has 12 heavy (non-hydrogen) atoms. The molecule has 1 aromatic rings. The summed E-state index contributed by atoms with van der Waals surface area (Å²) in [7, 11) is 0. The molecule has 0 spiro atoms. The van der Waals surface area contributed by atoms with Crippen LogP contribution in [0.25, 0.3) is 0 Å². The minimum atomic E-state index is 0.525. The van der Waals surface area contributed by atoms with Crippen molar-refractivity contribution in [3.8, 4) is 0 Å². The van der Waals surface area contributed by atoms with Gasteiger partial charge in [0, 0.05) is 12.2 Å². The van der Waals surface area contributed by atoms with Crippen molar-refractivity contribution < 1.29 is 0 Å². The van der Waals surface area contributed by atoms with E-state index < -0.39 is 0 Å². The van der Waals surface area contributed by atoms with Crippen molar-refractivity contribution in [1.82, 2.24) is 9.78 Å². The van der Waals surface area contributed by atoms with Gasteiger partial charge in [-0.05, 0) is 24.8 Å². The lowest BCUT2D eigenvalue weighted by molar-refractivity contribution is 0.477. The van der Waals surface area contributed by atoms with Crippen LogP contribution in [0.2, 0.25) is 0 Å². The molecule has 68 valence electrons. The van der Waals surface area contributed by atoms with Gasteiger partial charge in [0.15, 0.2) is 0 Å². The molecule has 1 heterocycles. The van der Waals surface area contributed by atoms with Crippen LogP contribution in [0.1, 0.15) is 51.6 Å². The van der Waals surface area contributed by atoms with E-state index in [0.717, 1.165) is 6.42 Å². The Morgan fingerprint density at radius 1 is 1.42 bits per heavy atom. The van der Waals surface area contributed by atoms with E-state index in [1.807, 2.05) is 6.20 Å². The molecule has 1 rings (SSSR count). The first-order valence-electron chi connectivity index (χ1n) is 4.69. The largest absolute Gasteiger partial charge is 0.270 e.